The Labute approximate surface area is 117 Å². The van der Waals surface area contributed by atoms with Crippen molar-refractivity contribution in [1.29, 1.82) is 0 Å². The van der Waals surface area contributed by atoms with Gasteiger partial charge in [-0.3, -0.25) is 0 Å². The predicted octanol–water partition coefficient (Wildman–Crippen LogP) is 1.86. The largest absolute Gasteiger partial charge is 0.493 e. The molecule has 1 aromatic heterocycles. The van der Waals surface area contributed by atoms with Crippen LogP contribution in [-0.2, 0) is 13.0 Å². The van der Waals surface area contributed by atoms with Gasteiger partial charge in [0.1, 0.15) is 0 Å². The first-order valence-corrected chi connectivity index (χ1v) is 6.42. The molecule has 108 valence electrons. The van der Waals surface area contributed by atoms with Crippen LogP contribution in [0.2, 0.25) is 0 Å². The molecule has 0 fully saturated rings. The molecule has 6 nitrogen and oxygen atoms in total. The quantitative estimate of drug-likeness (QED) is 0.867. The van der Waals surface area contributed by atoms with Crippen molar-refractivity contribution in [3.8, 4) is 11.5 Å². The van der Waals surface area contributed by atoms with Crippen molar-refractivity contribution in [2.24, 2.45) is 5.73 Å². The summed E-state index contributed by atoms with van der Waals surface area (Å²) in [7, 11) is 1.61. The molecule has 0 aliphatic carbocycles. The van der Waals surface area contributed by atoms with Gasteiger partial charge >= 0.3 is 0 Å². The van der Waals surface area contributed by atoms with Crippen LogP contribution in [-0.4, -0.2) is 23.3 Å². The van der Waals surface area contributed by atoms with E-state index in [0.717, 1.165) is 12.0 Å². The van der Waals surface area contributed by atoms with Crippen LogP contribution in [0.1, 0.15) is 24.3 Å². The fourth-order valence-electron chi connectivity index (χ4n) is 1.87. The smallest absolute Gasteiger partial charge is 0.253 e. The van der Waals surface area contributed by atoms with Gasteiger partial charge in [0.05, 0.1) is 7.11 Å². The van der Waals surface area contributed by atoms with Gasteiger partial charge in [-0.05, 0) is 31.0 Å². The van der Waals surface area contributed by atoms with E-state index in [1.807, 2.05) is 25.1 Å². The summed E-state index contributed by atoms with van der Waals surface area (Å²) in [6.45, 7) is 3.92. The molecule has 2 aromatic rings. The maximum Gasteiger partial charge on any atom is 0.253 e. The van der Waals surface area contributed by atoms with Crippen LogP contribution in [0.3, 0.4) is 0 Å². The summed E-state index contributed by atoms with van der Waals surface area (Å²) >= 11 is 0. The standard InChI is InChI=1S/C14H19N3O3/c1-9(15)6-11-4-5-12(13(7-11)18-3)19-8-14-17-16-10(2)20-14/h4-5,7,9H,6,8,15H2,1-3H3. The Bertz CT molecular complexity index is 567. The fraction of sp³-hybridized carbons (Fsp3) is 0.429. The summed E-state index contributed by atoms with van der Waals surface area (Å²) in [6, 6.07) is 5.87. The monoisotopic (exact) mass is 277 g/mol. The lowest BCUT2D eigenvalue weighted by molar-refractivity contribution is 0.248. The van der Waals surface area contributed by atoms with Gasteiger partial charge in [0, 0.05) is 13.0 Å². The first kappa shape index (κ1) is 14.3. The molecule has 2 rings (SSSR count). The average molecular weight is 277 g/mol. The van der Waals surface area contributed by atoms with Gasteiger partial charge in [0.25, 0.3) is 5.89 Å². The molecule has 0 aliphatic rings. The van der Waals surface area contributed by atoms with Crippen LogP contribution < -0.4 is 15.2 Å². The second kappa shape index (κ2) is 6.38. The lowest BCUT2D eigenvalue weighted by Gasteiger charge is -2.12. The van der Waals surface area contributed by atoms with E-state index in [1.54, 1.807) is 14.0 Å². The summed E-state index contributed by atoms with van der Waals surface area (Å²) in [5, 5.41) is 7.62. The van der Waals surface area contributed by atoms with Crippen LogP contribution in [0, 0.1) is 6.92 Å². The molecule has 0 saturated heterocycles. The number of ether oxygens (including phenoxy) is 2. The molecule has 0 bridgehead atoms. The Morgan fingerprint density at radius 1 is 1.30 bits per heavy atom. The fourth-order valence-corrected chi connectivity index (χ4v) is 1.87. The van der Waals surface area contributed by atoms with Crippen molar-refractivity contribution >= 4 is 0 Å². The minimum absolute atomic E-state index is 0.104. The van der Waals surface area contributed by atoms with E-state index in [0.29, 0.717) is 23.3 Å². The highest BCUT2D eigenvalue weighted by molar-refractivity contribution is 5.43. The molecule has 1 atom stereocenters. The number of aryl methyl sites for hydroxylation is 1. The molecule has 0 amide bonds. The lowest BCUT2D eigenvalue weighted by Crippen LogP contribution is -2.17. The minimum atomic E-state index is 0.104. The van der Waals surface area contributed by atoms with E-state index >= 15 is 0 Å². The number of aromatic nitrogens is 2. The van der Waals surface area contributed by atoms with Gasteiger partial charge in [-0.2, -0.15) is 0 Å². The molecule has 2 N–H and O–H groups in total. The van der Waals surface area contributed by atoms with Gasteiger partial charge < -0.3 is 19.6 Å². The molecule has 20 heavy (non-hydrogen) atoms. The number of benzene rings is 1. The number of nitrogens with zero attached hydrogens (tertiary/aromatic N) is 2. The van der Waals surface area contributed by atoms with E-state index in [4.69, 9.17) is 19.6 Å². The Morgan fingerprint density at radius 3 is 2.70 bits per heavy atom. The van der Waals surface area contributed by atoms with Gasteiger partial charge in [-0.25, -0.2) is 0 Å². The second-order valence-corrected chi connectivity index (χ2v) is 4.67. The van der Waals surface area contributed by atoms with Crippen molar-refractivity contribution in [2.75, 3.05) is 7.11 Å². The van der Waals surface area contributed by atoms with E-state index < -0.39 is 0 Å². The Kier molecular flexibility index (Phi) is 4.57. The minimum Gasteiger partial charge on any atom is -0.493 e. The van der Waals surface area contributed by atoms with Gasteiger partial charge in [-0.1, -0.05) is 6.07 Å². The number of rotatable bonds is 6. The first-order valence-electron chi connectivity index (χ1n) is 6.42. The molecule has 0 saturated carbocycles. The number of hydrogen-bond donors (Lipinski definition) is 1. The third kappa shape index (κ3) is 3.71. The summed E-state index contributed by atoms with van der Waals surface area (Å²) in [5.41, 5.74) is 6.90. The van der Waals surface area contributed by atoms with Crippen molar-refractivity contribution in [2.45, 2.75) is 32.9 Å². The number of hydrogen-bond acceptors (Lipinski definition) is 6. The Morgan fingerprint density at radius 2 is 2.10 bits per heavy atom. The molecule has 1 heterocycles. The average Bonchev–Trinajstić information content (AvgIpc) is 2.82. The van der Waals surface area contributed by atoms with E-state index in [2.05, 4.69) is 10.2 Å². The molecular formula is C14H19N3O3. The maximum absolute atomic E-state index is 5.79. The van der Waals surface area contributed by atoms with Crippen molar-refractivity contribution in [3.05, 3.63) is 35.5 Å². The second-order valence-electron chi connectivity index (χ2n) is 4.67. The maximum atomic E-state index is 5.79. The molecule has 6 heteroatoms. The van der Waals surface area contributed by atoms with E-state index in [-0.39, 0.29) is 12.6 Å². The SMILES string of the molecule is COc1cc(CC(C)N)ccc1OCc1nnc(C)o1. The molecule has 0 aliphatic heterocycles. The molecular weight excluding hydrogens is 258 g/mol. The van der Waals surface area contributed by atoms with Gasteiger partial charge in [0.2, 0.25) is 5.89 Å². The third-order valence-electron chi connectivity index (χ3n) is 2.70. The highest BCUT2D eigenvalue weighted by Crippen LogP contribution is 2.29. The van der Waals surface area contributed by atoms with Crippen molar-refractivity contribution in [1.82, 2.24) is 10.2 Å². The normalized spacial score (nSPS) is 12.2. The molecule has 1 aromatic carbocycles. The first-order chi connectivity index (χ1) is 9.58. The summed E-state index contributed by atoms with van der Waals surface area (Å²) < 4.78 is 16.2. The highest BCUT2D eigenvalue weighted by Gasteiger charge is 2.09. The van der Waals surface area contributed by atoms with E-state index in [9.17, 15) is 0 Å². The summed E-state index contributed by atoms with van der Waals surface area (Å²) in [4.78, 5) is 0. The zero-order valence-corrected chi connectivity index (χ0v) is 11.9. The number of nitrogens with two attached hydrogens (primary N) is 1. The van der Waals surface area contributed by atoms with Crippen LogP contribution in [0.5, 0.6) is 11.5 Å². The third-order valence-corrected chi connectivity index (χ3v) is 2.70. The zero-order chi connectivity index (χ0) is 14.5. The van der Waals surface area contributed by atoms with Crippen LogP contribution in [0.25, 0.3) is 0 Å². The number of methoxy groups -OCH3 is 1. The van der Waals surface area contributed by atoms with Crippen LogP contribution >= 0.6 is 0 Å². The highest BCUT2D eigenvalue weighted by atomic mass is 16.5. The summed E-state index contributed by atoms with van der Waals surface area (Å²) in [6.07, 6.45) is 0.791. The van der Waals surface area contributed by atoms with Gasteiger partial charge in [0.15, 0.2) is 18.1 Å². The van der Waals surface area contributed by atoms with Crippen LogP contribution in [0.4, 0.5) is 0 Å². The van der Waals surface area contributed by atoms with Crippen molar-refractivity contribution < 1.29 is 13.9 Å². The van der Waals surface area contributed by atoms with Gasteiger partial charge in [-0.15, -0.1) is 10.2 Å². The Balaban J connectivity index is 2.07. The topological polar surface area (TPSA) is 83.4 Å². The zero-order valence-electron chi connectivity index (χ0n) is 11.9. The van der Waals surface area contributed by atoms with Crippen LogP contribution in [0.15, 0.2) is 22.6 Å². The van der Waals surface area contributed by atoms with Crippen molar-refractivity contribution in [3.63, 3.8) is 0 Å². The Hall–Kier alpha value is -2.08. The molecule has 0 radical (unpaired) electrons. The molecule has 1 unspecified atom stereocenters. The lowest BCUT2D eigenvalue weighted by atomic mass is 10.1. The molecule has 0 spiro atoms. The van der Waals surface area contributed by atoms with E-state index in [1.165, 1.54) is 0 Å². The summed E-state index contributed by atoms with van der Waals surface area (Å²) in [5.74, 6) is 2.25. The predicted molar refractivity (Wildman–Crippen MR) is 73.7 cm³/mol.